The van der Waals surface area contributed by atoms with Crippen LogP contribution in [-0.2, 0) is 17.8 Å². The summed E-state index contributed by atoms with van der Waals surface area (Å²) in [4.78, 5) is 15.4. The van der Waals surface area contributed by atoms with Gasteiger partial charge >= 0.3 is 6.09 Å². The van der Waals surface area contributed by atoms with Crippen LogP contribution in [0, 0.1) is 0 Å². The smallest absolute Gasteiger partial charge is 0.411 e. The number of nitrogens with one attached hydrogen (secondary N) is 3. The largest absolute Gasteiger partial charge is 0.453 e. The summed E-state index contributed by atoms with van der Waals surface area (Å²) >= 11 is 0. The maximum absolute atomic E-state index is 11.2. The zero-order chi connectivity index (χ0) is 19.1. The van der Waals surface area contributed by atoms with Crippen LogP contribution in [0.15, 0.2) is 53.7 Å². The third-order valence-electron chi connectivity index (χ3n) is 3.87. The van der Waals surface area contributed by atoms with Gasteiger partial charge in [0.05, 0.1) is 13.7 Å². The third-order valence-corrected chi connectivity index (χ3v) is 3.87. The molecule has 2 aromatic heterocycles. The van der Waals surface area contributed by atoms with Crippen molar-refractivity contribution in [3.8, 4) is 0 Å². The van der Waals surface area contributed by atoms with Gasteiger partial charge in [-0.3, -0.25) is 14.7 Å². The Kier molecular flexibility index (Phi) is 7.99. The highest BCUT2D eigenvalue weighted by Crippen LogP contribution is 2.09. The minimum absolute atomic E-state index is 0. The number of benzene rings is 1. The fourth-order valence-electron chi connectivity index (χ4n) is 2.46. The number of anilines is 1. The molecule has 1 aromatic carbocycles. The molecule has 0 spiro atoms. The predicted molar refractivity (Wildman–Crippen MR) is 118 cm³/mol. The van der Waals surface area contributed by atoms with Gasteiger partial charge in [-0.1, -0.05) is 18.2 Å². The third kappa shape index (κ3) is 5.55. The lowest BCUT2D eigenvalue weighted by atomic mass is 10.2. The van der Waals surface area contributed by atoms with E-state index in [1.54, 1.807) is 7.05 Å². The van der Waals surface area contributed by atoms with E-state index < -0.39 is 6.09 Å². The molecule has 0 unspecified atom stereocenters. The maximum Gasteiger partial charge on any atom is 0.411 e. The fraction of sp³-hybridized carbons (Fsp3) is 0.222. The summed E-state index contributed by atoms with van der Waals surface area (Å²) in [7, 11) is 3.04. The number of aromatic nitrogens is 3. The van der Waals surface area contributed by atoms with Crippen LogP contribution in [0.25, 0.3) is 5.65 Å². The molecule has 0 radical (unpaired) electrons. The van der Waals surface area contributed by atoms with E-state index in [0.717, 1.165) is 17.0 Å². The van der Waals surface area contributed by atoms with Crippen molar-refractivity contribution in [1.82, 2.24) is 25.2 Å². The second-order valence-electron chi connectivity index (χ2n) is 5.64. The molecule has 3 rings (SSSR count). The predicted octanol–water partition coefficient (Wildman–Crippen LogP) is 2.39. The number of hydrogen-bond acceptors (Lipinski definition) is 5. The van der Waals surface area contributed by atoms with Gasteiger partial charge in [0.25, 0.3) is 0 Å². The summed E-state index contributed by atoms with van der Waals surface area (Å²) in [6.45, 7) is 1.07. The molecule has 3 N–H and O–H groups in total. The number of guanidine groups is 1. The highest BCUT2D eigenvalue weighted by Gasteiger charge is 2.06. The molecule has 0 bridgehead atoms. The number of carbonyl (C=O) groups excluding carboxylic acids is 1. The number of pyridine rings is 1. The number of nitrogens with zero attached hydrogens (tertiary/aromatic N) is 4. The lowest BCUT2D eigenvalue weighted by molar-refractivity contribution is 0.187. The summed E-state index contributed by atoms with van der Waals surface area (Å²) in [5.41, 5.74) is 2.52. The van der Waals surface area contributed by atoms with E-state index in [0.29, 0.717) is 24.7 Å². The van der Waals surface area contributed by atoms with Crippen molar-refractivity contribution in [3.05, 3.63) is 60.0 Å². The van der Waals surface area contributed by atoms with Crippen LogP contribution >= 0.6 is 24.0 Å². The van der Waals surface area contributed by atoms with Crippen molar-refractivity contribution >= 4 is 47.4 Å². The Hall–Kier alpha value is -2.89. The molecular weight excluding hydrogens is 473 g/mol. The number of hydrogen-bond donors (Lipinski definition) is 3. The summed E-state index contributed by atoms with van der Waals surface area (Å²) in [6.07, 6.45) is 1.43. The molecule has 0 aliphatic rings. The Morgan fingerprint density at radius 1 is 1.11 bits per heavy atom. The summed E-state index contributed by atoms with van der Waals surface area (Å²) in [6, 6.07) is 13.2. The molecule has 10 heteroatoms. The Labute approximate surface area is 179 Å². The van der Waals surface area contributed by atoms with E-state index in [4.69, 9.17) is 0 Å². The number of rotatable bonds is 5. The Bertz CT molecular complexity index is 941. The van der Waals surface area contributed by atoms with Crippen molar-refractivity contribution in [2.75, 3.05) is 19.5 Å². The molecule has 28 heavy (non-hydrogen) atoms. The molecule has 9 nitrogen and oxygen atoms in total. The topological polar surface area (TPSA) is 105 Å². The van der Waals surface area contributed by atoms with Crippen molar-refractivity contribution in [3.63, 3.8) is 0 Å². The van der Waals surface area contributed by atoms with E-state index in [2.05, 4.69) is 35.9 Å². The van der Waals surface area contributed by atoms with Gasteiger partial charge in [0.2, 0.25) is 0 Å². The number of fused-ring (bicyclic) bond motifs is 1. The molecule has 0 aliphatic carbocycles. The lowest BCUT2D eigenvalue weighted by Gasteiger charge is -2.12. The number of halogens is 1. The average molecular weight is 495 g/mol. The van der Waals surface area contributed by atoms with Crippen LogP contribution in [0.5, 0.6) is 0 Å². The molecular formula is C18H22IN7O2. The highest BCUT2D eigenvalue weighted by molar-refractivity contribution is 14.0. The van der Waals surface area contributed by atoms with Gasteiger partial charge in [-0.2, -0.15) is 0 Å². The van der Waals surface area contributed by atoms with E-state index in [-0.39, 0.29) is 24.0 Å². The average Bonchev–Trinajstić information content (AvgIpc) is 3.12. The molecule has 3 aromatic rings. The lowest BCUT2D eigenvalue weighted by Crippen LogP contribution is -2.36. The van der Waals surface area contributed by atoms with Gasteiger partial charge in [0, 0.05) is 25.5 Å². The normalized spacial score (nSPS) is 10.9. The minimum Gasteiger partial charge on any atom is -0.453 e. The van der Waals surface area contributed by atoms with Crippen LogP contribution < -0.4 is 16.0 Å². The van der Waals surface area contributed by atoms with Crippen LogP contribution in [0.2, 0.25) is 0 Å². The van der Waals surface area contributed by atoms with Crippen molar-refractivity contribution in [1.29, 1.82) is 0 Å². The van der Waals surface area contributed by atoms with Gasteiger partial charge in [0.15, 0.2) is 17.4 Å². The number of carbonyl (C=O) groups is 1. The Morgan fingerprint density at radius 2 is 1.86 bits per heavy atom. The molecule has 148 valence electrons. The quantitative estimate of drug-likeness (QED) is 0.285. The highest BCUT2D eigenvalue weighted by atomic mass is 127. The number of ether oxygens (including phenoxy) is 1. The minimum atomic E-state index is -0.494. The van der Waals surface area contributed by atoms with Crippen molar-refractivity contribution in [2.45, 2.75) is 13.1 Å². The van der Waals surface area contributed by atoms with Crippen LogP contribution in [0.3, 0.4) is 0 Å². The number of methoxy groups -OCH3 is 1. The van der Waals surface area contributed by atoms with Crippen molar-refractivity contribution in [2.24, 2.45) is 4.99 Å². The van der Waals surface area contributed by atoms with Gasteiger partial charge < -0.3 is 15.4 Å². The Morgan fingerprint density at radius 3 is 2.57 bits per heavy atom. The first-order valence-electron chi connectivity index (χ1n) is 8.36. The SMILES string of the molecule is CN=C(NCc1ccc(NC(=O)OC)cc1)NCc1nnc2ccccn12.I. The second-order valence-corrected chi connectivity index (χ2v) is 5.64. The molecule has 2 heterocycles. The van der Waals surface area contributed by atoms with Gasteiger partial charge in [-0.05, 0) is 29.8 Å². The monoisotopic (exact) mass is 495 g/mol. The van der Waals surface area contributed by atoms with Crippen LogP contribution in [0.4, 0.5) is 10.5 Å². The second kappa shape index (κ2) is 10.4. The maximum atomic E-state index is 11.2. The van der Waals surface area contributed by atoms with E-state index in [1.807, 2.05) is 53.1 Å². The van der Waals surface area contributed by atoms with Crippen molar-refractivity contribution < 1.29 is 9.53 Å². The zero-order valence-corrected chi connectivity index (χ0v) is 17.9. The summed E-state index contributed by atoms with van der Waals surface area (Å²) in [5.74, 6) is 1.45. The first kappa shape index (κ1) is 21.4. The summed E-state index contributed by atoms with van der Waals surface area (Å²) < 4.78 is 6.49. The number of amides is 1. The zero-order valence-electron chi connectivity index (χ0n) is 15.5. The van der Waals surface area contributed by atoms with Crippen LogP contribution in [0.1, 0.15) is 11.4 Å². The molecule has 0 atom stereocenters. The fourth-order valence-corrected chi connectivity index (χ4v) is 2.46. The number of aliphatic imine (C=N–C) groups is 1. The molecule has 0 fully saturated rings. The molecule has 1 amide bonds. The summed E-state index contributed by atoms with van der Waals surface area (Å²) in [5, 5.41) is 17.4. The van der Waals surface area contributed by atoms with Gasteiger partial charge in [-0.15, -0.1) is 34.2 Å². The molecule has 0 saturated heterocycles. The van der Waals surface area contributed by atoms with Gasteiger partial charge in [0.1, 0.15) is 0 Å². The first-order valence-corrected chi connectivity index (χ1v) is 8.36. The van der Waals surface area contributed by atoms with E-state index in [1.165, 1.54) is 7.11 Å². The van der Waals surface area contributed by atoms with E-state index >= 15 is 0 Å². The standard InChI is InChI=1S/C18H21N7O2.HI/c1-19-17(21-12-16-24-23-15-5-3-4-10-25(15)16)20-11-13-6-8-14(9-7-13)22-18(26)27-2;/h3-10H,11-12H2,1-2H3,(H,22,26)(H2,19,20,21);1H. The molecule has 0 aliphatic heterocycles. The van der Waals surface area contributed by atoms with Crippen LogP contribution in [-0.4, -0.2) is 40.8 Å². The van der Waals surface area contributed by atoms with E-state index in [9.17, 15) is 4.79 Å². The Balaban J connectivity index is 0.00000280. The van der Waals surface area contributed by atoms with Gasteiger partial charge in [-0.25, -0.2) is 4.79 Å². The molecule has 0 saturated carbocycles. The first-order chi connectivity index (χ1) is 13.2.